The molecule has 0 radical (unpaired) electrons. The van der Waals surface area contributed by atoms with Gasteiger partial charge in [-0.05, 0) is 34.0 Å². The van der Waals surface area contributed by atoms with E-state index in [9.17, 15) is 14.9 Å². The molecule has 1 aliphatic rings. The minimum atomic E-state index is -0.409. The minimum Gasteiger partial charge on any atom is -0.368 e. The monoisotopic (exact) mass is 421 g/mol. The zero-order chi connectivity index (χ0) is 18.8. The molecule has 2 heterocycles. The van der Waals surface area contributed by atoms with E-state index in [4.69, 9.17) is 0 Å². The highest BCUT2D eigenvalue weighted by atomic mass is 79.9. The molecule has 0 atom stereocenters. The minimum absolute atomic E-state index is 0.0758. The van der Waals surface area contributed by atoms with E-state index in [0.717, 1.165) is 15.9 Å². The summed E-state index contributed by atoms with van der Waals surface area (Å²) in [5.41, 5.74) is 2.33. The summed E-state index contributed by atoms with van der Waals surface area (Å²) in [7, 11) is 0. The maximum atomic E-state index is 12.7. The van der Waals surface area contributed by atoms with Crippen LogP contribution in [0.15, 0.2) is 28.7 Å². The maximum Gasteiger partial charge on any atom is 0.275 e. The SMILES string of the molecule is CC(C)c1[nH]nc(C(=O)N2CCN(c3ccc([N+](=O)[O-])cc3)CC2)c1Br. The number of nitrogens with zero attached hydrogens (tertiary/aromatic N) is 4. The van der Waals surface area contributed by atoms with Crippen molar-refractivity contribution in [2.24, 2.45) is 0 Å². The van der Waals surface area contributed by atoms with E-state index in [0.29, 0.717) is 31.9 Å². The van der Waals surface area contributed by atoms with E-state index in [1.165, 1.54) is 12.1 Å². The van der Waals surface area contributed by atoms with Gasteiger partial charge in [-0.3, -0.25) is 20.0 Å². The molecule has 1 amide bonds. The summed E-state index contributed by atoms with van der Waals surface area (Å²) >= 11 is 3.48. The van der Waals surface area contributed by atoms with Gasteiger partial charge in [-0.25, -0.2) is 0 Å². The van der Waals surface area contributed by atoms with E-state index in [-0.39, 0.29) is 17.5 Å². The van der Waals surface area contributed by atoms with E-state index in [1.807, 2.05) is 13.8 Å². The molecular weight excluding hydrogens is 402 g/mol. The van der Waals surface area contributed by atoms with Crippen molar-refractivity contribution in [3.8, 4) is 0 Å². The Hall–Kier alpha value is -2.42. The number of nitrogens with one attached hydrogen (secondary N) is 1. The van der Waals surface area contributed by atoms with Crippen LogP contribution in [-0.2, 0) is 0 Å². The van der Waals surface area contributed by atoms with E-state index in [2.05, 4.69) is 31.0 Å². The molecule has 0 bridgehead atoms. The predicted molar refractivity (Wildman–Crippen MR) is 102 cm³/mol. The van der Waals surface area contributed by atoms with Crippen molar-refractivity contribution in [3.05, 3.63) is 50.2 Å². The number of hydrogen-bond donors (Lipinski definition) is 1. The van der Waals surface area contributed by atoms with Gasteiger partial charge in [0.25, 0.3) is 11.6 Å². The van der Waals surface area contributed by atoms with Gasteiger partial charge >= 0.3 is 0 Å². The Morgan fingerprint density at radius 1 is 1.23 bits per heavy atom. The Balaban J connectivity index is 1.64. The zero-order valence-corrected chi connectivity index (χ0v) is 16.2. The standard InChI is InChI=1S/C17H20BrN5O3/c1-11(2)15-14(18)16(20-19-15)17(24)22-9-7-21(8-10-22)12-3-5-13(6-4-12)23(25)26/h3-6,11H,7-10H2,1-2H3,(H,19,20). The number of hydrogen-bond acceptors (Lipinski definition) is 5. The predicted octanol–water partition coefficient (Wildman–Crippen LogP) is 3.17. The van der Waals surface area contributed by atoms with E-state index in [1.54, 1.807) is 17.0 Å². The van der Waals surface area contributed by atoms with Crippen LogP contribution >= 0.6 is 15.9 Å². The van der Waals surface area contributed by atoms with Gasteiger partial charge in [0.05, 0.1) is 15.1 Å². The fourth-order valence-corrected chi connectivity index (χ4v) is 3.77. The molecule has 1 saturated heterocycles. The first kappa shape index (κ1) is 18.4. The number of rotatable bonds is 4. The molecule has 26 heavy (non-hydrogen) atoms. The number of non-ortho nitro benzene ring substituents is 1. The van der Waals surface area contributed by atoms with Gasteiger partial charge in [0.15, 0.2) is 5.69 Å². The first-order valence-electron chi connectivity index (χ1n) is 8.41. The lowest BCUT2D eigenvalue weighted by Gasteiger charge is -2.35. The number of benzene rings is 1. The van der Waals surface area contributed by atoms with Crippen LogP contribution < -0.4 is 4.90 Å². The van der Waals surface area contributed by atoms with Gasteiger partial charge in [0, 0.05) is 44.0 Å². The molecule has 1 aromatic carbocycles. The van der Waals surface area contributed by atoms with E-state index >= 15 is 0 Å². The van der Waals surface area contributed by atoms with Gasteiger partial charge in [-0.15, -0.1) is 0 Å². The number of carbonyl (C=O) groups is 1. The molecule has 1 aromatic heterocycles. The summed E-state index contributed by atoms with van der Waals surface area (Å²) in [6, 6.07) is 6.49. The molecule has 0 saturated carbocycles. The van der Waals surface area contributed by atoms with Crippen LogP contribution in [-0.4, -0.2) is 52.1 Å². The van der Waals surface area contributed by atoms with Crippen LogP contribution in [0.25, 0.3) is 0 Å². The summed E-state index contributed by atoms with van der Waals surface area (Å²) in [5, 5.41) is 17.9. The van der Waals surface area contributed by atoms with Crippen molar-refractivity contribution >= 4 is 33.2 Å². The number of halogens is 1. The number of nitro benzene ring substituents is 1. The smallest absolute Gasteiger partial charge is 0.275 e. The second-order valence-electron chi connectivity index (χ2n) is 6.51. The fourth-order valence-electron chi connectivity index (χ4n) is 2.97. The normalized spacial score (nSPS) is 14.8. The third kappa shape index (κ3) is 3.57. The van der Waals surface area contributed by atoms with Crippen molar-refractivity contribution < 1.29 is 9.72 Å². The van der Waals surface area contributed by atoms with Crippen molar-refractivity contribution in [3.63, 3.8) is 0 Å². The third-order valence-electron chi connectivity index (χ3n) is 4.51. The Bertz CT molecular complexity index is 810. The lowest BCUT2D eigenvalue weighted by Crippen LogP contribution is -2.49. The van der Waals surface area contributed by atoms with Gasteiger partial charge in [0.1, 0.15) is 0 Å². The molecule has 1 N–H and O–H groups in total. The van der Waals surface area contributed by atoms with Crippen LogP contribution in [0.1, 0.15) is 35.9 Å². The lowest BCUT2D eigenvalue weighted by atomic mass is 10.1. The summed E-state index contributed by atoms with van der Waals surface area (Å²) in [6.07, 6.45) is 0. The van der Waals surface area contributed by atoms with Gasteiger partial charge < -0.3 is 9.80 Å². The summed E-state index contributed by atoms with van der Waals surface area (Å²) in [5.74, 6) is 0.154. The molecule has 0 aliphatic carbocycles. The molecule has 1 aliphatic heterocycles. The van der Waals surface area contributed by atoms with Gasteiger partial charge in [-0.2, -0.15) is 5.10 Å². The molecule has 1 fully saturated rings. The van der Waals surface area contributed by atoms with Crippen molar-refractivity contribution in [2.75, 3.05) is 31.1 Å². The second-order valence-corrected chi connectivity index (χ2v) is 7.30. The fraction of sp³-hybridized carbons (Fsp3) is 0.412. The summed E-state index contributed by atoms with van der Waals surface area (Å²) in [6.45, 7) is 6.56. The number of aromatic amines is 1. The number of anilines is 1. The zero-order valence-electron chi connectivity index (χ0n) is 14.6. The number of amides is 1. The molecule has 3 rings (SSSR count). The van der Waals surface area contributed by atoms with Gasteiger partial charge in [-0.1, -0.05) is 13.8 Å². The molecule has 9 heteroatoms. The lowest BCUT2D eigenvalue weighted by molar-refractivity contribution is -0.384. The number of carbonyl (C=O) groups excluding carboxylic acids is 1. The highest BCUT2D eigenvalue weighted by molar-refractivity contribution is 9.10. The average Bonchev–Trinajstić information content (AvgIpc) is 3.03. The van der Waals surface area contributed by atoms with Gasteiger partial charge in [0.2, 0.25) is 0 Å². The maximum absolute atomic E-state index is 12.7. The topological polar surface area (TPSA) is 95.4 Å². The van der Waals surface area contributed by atoms with Crippen LogP contribution in [0.5, 0.6) is 0 Å². The van der Waals surface area contributed by atoms with Crippen molar-refractivity contribution in [1.82, 2.24) is 15.1 Å². The first-order valence-corrected chi connectivity index (χ1v) is 9.20. The molecule has 0 spiro atoms. The molecule has 138 valence electrons. The number of nitro groups is 1. The van der Waals surface area contributed by atoms with Crippen LogP contribution in [0.3, 0.4) is 0 Å². The van der Waals surface area contributed by atoms with Crippen LogP contribution in [0, 0.1) is 10.1 Å². The molecule has 2 aromatic rings. The van der Waals surface area contributed by atoms with E-state index < -0.39 is 4.92 Å². The van der Waals surface area contributed by atoms with Crippen molar-refractivity contribution in [2.45, 2.75) is 19.8 Å². The Labute approximate surface area is 159 Å². The molecular formula is C17H20BrN5O3. The number of piperazine rings is 1. The quantitative estimate of drug-likeness (QED) is 0.603. The van der Waals surface area contributed by atoms with Crippen molar-refractivity contribution in [1.29, 1.82) is 0 Å². The Morgan fingerprint density at radius 2 is 1.85 bits per heavy atom. The largest absolute Gasteiger partial charge is 0.368 e. The highest BCUT2D eigenvalue weighted by Crippen LogP contribution is 2.27. The van der Waals surface area contributed by atoms with Crippen LogP contribution in [0.2, 0.25) is 0 Å². The number of H-pyrrole nitrogens is 1. The first-order chi connectivity index (χ1) is 12.4. The third-order valence-corrected chi connectivity index (χ3v) is 5.31. The Morgan fingerprint density at radius 3 is 2.35 bits per heavy atom. The Kier molecular flexibility index (Phi) is 5.26. The number of aromatic nitrogens is 2. The highest BCUT2D eigenvalue weighted by Gasteiger charge is 2.27. The molecule has 0 unspecified atom stereocenters. The summed E-state index contributed by atoms with van der Waals surface area (Å²) in [4.78, 5) is 27.0. The van der Waals surface area contributed by atoms with Crippen LogP contribution in [0.4, 0.5) is 11.4 Å². The molecule has 8 nitrogen and oxygen atoms in total. The second kappa shape index (κ2) is 7.45. The average molecular weight is 422 g/mol. The summed E-state index contributed by atoms with van der Waals surface area (Å²) < 4.78 is 0.732.